The van der Waals surface area contributed by atoms with Gasteiger partial charge >= 0.3 is 24.0 Å². The summed E-state index contributed by atoms with van der Waals surface area (Å²) in [6, 6.07) is -0.771. The van der Waals surface area contributed by atoms with E-state index >= 15 is 0 Å². The number of fused-ring (bicyclic) bond motifs is 1. The first kappa shape index (κ1) is 15.9. The van der Waals surface area contributed by atoms with Gasteiger partial charge in [-0.3, -0.25) is 19.4 Å². The number of esters is 2. The first-order valence-electron chi connectivity index (χ1n) is 6.59. The van der Waals surface area contributed by atoms with Crippen molar-refractivity contribution in [2.24, 2.45) is 0 Å². The van der Waals surface area contributed by atoms with Gasteiger partial charge in [-0.1, -0.05) is 0 Å². The number of likely N-dealkylation sites (N-methyl/N-ethyl adjacent to an activating group) is 2. The molecule has 0 radical (unpaired) electrons. The molecule has 0 aromatic carbocycles. The Balaban J connectivity index is 2.21. The molecule has 22 heavy (non-hydrogen) atoms. The smallest absolute Gasteiger partial charge is 0.326 e. The molecule has 0 aliphatic carbocycles. The van der Waals surface area contributed by atoms with Crippen LogP contribution in [0.2, 0.25) is 0 Å². The highest BCUT2D eigenvalue weighted by molar-refractivity contribution is 5.85. The molecule has 2 saturated heterocycles. The quantitative estimate of drug-likeness (QED) is 0.643. The van der Waals surface area contributed by atoms with Crippen LogP contribution in [0.3, 0.4) is 0 Å². The second-order valence-corrected chi connectivity index (χ2v) is 5.08. The Hall–Kier alpha value is -2.52. The standard InChI is InChI=1S/C12H18N4O6/c1-7(17)21-5-15-9-10(14(4)11(15)19)16(6-22-8(2)18)12(20)13(9)3/h9-10H,5-6H2,1-4H3. The number of carbonyl (C=O) groups excluding carboxylic acids is 4. The summed E-state index contributed by atoms with van der Waals surface area (Å²) in [5, 5.41) is 0. The van der Waals surface area contributed by atoms with Crippen molar-refractivity contribution in [3.63, 3.8) is 0 Å². The minimum Gasteiger partial charge on any atom is -0.444 e. The Morgan fingerprint density at radius 2 is 1.18 bits per heavy atom. The van der Waals surface area contributed by atoms with E-state index in [9.17, 15) is 19.2 Å². The van der Waals surface area contributed by atoms with Crippen LogP contribution < -0.4 is 0 Å². The van der Waals surface area contributed by atoms with Gasteiger partial charge in [0.1, 0.15) is 0 Å². The fraction of sp³-hybridized carbons (Fsp3) is 0.667. The zero-order valence-electron chi connectivity index (χ0n) is 12.8. The molecule has 0 spiro atoms. The van der Waals surface area contributed by atoms with Crippen molar-refractivity contribution >= 4 is 24.0 Å². The van der Waals surface area contributed by atoms with E-state index in [0.29, 0.717) is 0 Å². The van der Waals surface area contributed by atoms with E-state index in [0.717, 1.165) is 0 Å². The van der Waals surface area contributed by atoms with Crippen LogP contribution >= 0.6 is 0 Å². The summed E-state index contributed by atoms with van der Waals surface area (Å²) in [4.78, 5) is 51.6. The minimum absolute atomic E-state index is 0.251. The summed E-state index contributed by atoms with van der Waals surface area (Å²) in [5.74, 6) is -1.05. The molecule has 2 heterocycles. The average molecular weight is 314 g/mol. The number of urea groups is 2. The van der Waals surface area contributed by atoms with E-state index < -0.39 is 24.3 Å². The molecule has 2 rings (SSSR count). The minimum atomic E-state index is -0.625. The molecular formula is C12H18N4O6. The fourth-order valence-electron chi connectivity index (χ4n) is 2.58. The monoisotopic (exact) mass is 314 g/mol. The highest BCUT2D eigenvalue weighted by Gasteiger charge is 2.57. The molecule has 2 aliphatic rings. The van der Waals surface area contributed by atoms with Gasteiger partial charge in [-0.25, -0.2) is 9.59 Å². The van der Waals surface area contributed by atoms with E-state index in [1.54, 1.807) is 0 Å². The number of ether oxygens (including phenoxy) is 2. The van der Waals surface area contributed by atoms with Crippen molar-refractivity contribution < 1.29 is 28.7 Å². The number of amides is 4. The van der Waals surface area contributed by atoms with Gasteiger partial charge in [0.15, 0.2) is 25.8 Å². The van der Waals surface area contributed by atoms with Crippen LogP contribution in [0.1, 0.15) is 13.8 Å². The highest BCUT2D eigenvalue weighted by Crippen LogP contribution is 2.32. The maximum atomic E-state index is 12.3. The van der Waals surface area contributed by atoms with E-state index in [2.05, 4.69) is 0 Å². The van der Waals surface area contributed by atoms with Gasteiger partial charge < -0.3 is 19.3 Å². The topological polar surface area (TPSA) is 99.7 Å². The third-order valence-corrected chi connectivity index (χ3v) is 3.61. The lowest BCUT2D eigenvalue weighted by Crippen LogP contribution is -2.45. The van der Waals surface area contributed by atoms with Crippen molar-refractivity contribution in [3.8, 4) is 0 Å². The second kappa shape index (κ2) is 5.70. The van der Waals surface area contributed by atoms with Gasteiger partial charge in [0.2, 0.25) is 0 Å². The van der Waals surface area contributed by atoms with Crippen LogP contribution in [-0.4, -0.2) is 83.5 Å². The molecule has 10 nitrogen and oxygen atoms in total. The van der Waals surface area contributed by atoms with Crippen LogP contribution in [0.15, 0.2) is 0 Å². The molecule has 0 aromatic rings. The molecule has 2 atom stereocenters. The van der Waals surface area contributed by atoms with Crippen LogP contribution in [0.25, 0.3) is 0 Å². The number of hydrogen-bond acceptors (Lipinski definition) is 6. The van der Waals surface area contributed by atoms with Gasteiger partial charge in [0.05, 0.1) is 0 Å². The number of rotatable bonds is 4. The fourth-order valence-corrected chi connectivity index (χ4v) is 2.58. The first-order valence-corrected chi connectivity index (χ1v) is 6.59. The van der Waals surface area contributed by atoms with Crippen LogP contribution in [0.5, 0.6) is 0 Å². The van der Waals surface area contributed by atoms with Gasteiger partial charge in [0.25, 0.3) is 0 Å². The first-order chi connectivity index (χ1) is 10.3. The third kappa shape index (κ3) is 2.51. The molecule has 0 bridgehead atoms. The lowest BCUT2D eigenvalue weighted by atomic mass is 10.3. The summed E-state index contributed by atoms with van der Waals surface area (Å²) in [7, 11) is 3.06. The molecule has 0 saturated carbocycles. The molecule has 4 amide bonds. The molecule has 122 valence electrons. The highest BCUT2D eigenvalue weighted by atomic mass is 16.6. The Kier molecular flexibility index (Phi) is 4.11. The molecule has 0 N–H and O–H groups in total. The largest absolute Gasteiger partial charge is 0.444 e. The summed E-state index contributed by atoms with van der Waals surface area (Å²) < 4.78 is 9.73. The van der Waals surface area contributed by atoms with Crippen molar-refractivity contribution in [1.29, 1.82) is 0 Å². The Morgan fingerprint density at radius 1 is 0.864 bits per heavy atom. The SMILES string of the molecule is CC(=O)OCN1C(=O)N(C)C2C1N(C)C(=O)N2COC(C)=O. The Labute approximate surface area is 127 Å². The lowest BCUT2D eigenvalue weighted by Gasteiger charge is -2.25. The molecule has 2 aliphatic heterocycles. The molecule has 2 unspecified atom stereocenters. The van der Waals surface area contributed by atoms with Crippen molar-refractivity contribution in [2.75, 3.05) is 27.6 Å². The lowest BCUT2D eigenvalue weighted by molar-refractivity contribution is -0.147. The predicted octanol–water partition coefficient (Wildman–Crippen LogP) is -0.585. The number of hydrogen-bond donors (Lipinski definition) is 0. The predicted molar refractivity (Wildman–Crippen MR) is 70.8 cm³/mol. The summed E-state index contributed by atoms with van der Waals surface area (Å²) in [6.07, 6.45) is -1.25. The van der Waals surface area contributed by atoms with Gasteiger partial charge in [-0.2, -0.15) is 0 Å². The summed E-state index contributed by atoms with van der Waals surface area (Å²) in [5.41, 5.74) is 0. The third-order valence-electron chi connectivity index (χ3n) is 3.61. The maximum Gasteiger partial charge on any atom is 0.326 e. The Bertz CT molecular complexity index is 478. The van der Waals surface area contributed by atoms with E-state index in [1.165, 1.54) is 47.5 Å². The van der Waals surface area contributed by atoms with Gasteiger partial charge in [-0.05, 0) is 0 Å². The van der Waals surface area contributed by atoms with E-state index in [-0.39, 0.29) is 25.5 Å². The Morgan fingerprint density at radius 3 is 1.45 bits per heavy atom. The normalized spacial score (nSPS) is 24.0. The van der Waals surface area contributed by atoms with E-state index in [1.807, 2.05) is 0 Å². The van der Waals surface area contributed by atoms with Crippen LogP contribution in [0, 0.1) is 0 Å². The molecule has 0 aromatic heterocycles. The number of carbonyl (C=O) groups is 4. The van der Waals surface area contributed by atoms with Crippen molar-refractivity contribution in [3.05, 3.63) is 0 Å². The maximum absolute atomic E-state index is 12.3. The van der Waals surface area contributed by atoms with Gasteiger partial charge in [0, 0.05) is 27.9 Å². The number of nitrogens with zero attached hydrogens (tertiary/aromatic N) is 4. The van der Waals surface area contributed by atoms with Crippen LogP contribution in [0.4, 0.5) is 9.59 Å². The second-order valence-electron chi connectivity index (χ2n) is 5.08. The summed E-state index contributed by atoms with van der Waals surface area (Å²) >= 11 is 0. The zero-order chi connectivity index (χ0) is 16.6. The zero-order valence-corrected chi connectivity index (χ0v) is 12.8. The molecular weight excluding hydrogens is 296 g/mol. The van der Waals surface area contributed by atoms with Crippen molar-refractivity contribution in [2.45, 2.75) is 26.2 Å². The van der Waals surface area contributed by atoms with Crippen LogP contribution in [-0.2, 0) is 19.1 Å². The van der Waals surface area contributed by atoms with Crippen molar-refractivity contribution in [1.82, 2.24) is 19.6 Å². The van der Waals surface area contributed by atoms with E-state index in [4.69, 9.17) is 9.47 Å². The summed E-state index contributed by atoms with van der Waals surface area (Å²) in [6.45, 7) is 1.97. The average Bonchev–Trinajstić information content (AvgIpc) is 2.82. The molecule has 10 heteroatoms. The van der Waals surface area contributed by atoms with Gasteiger partial charge in [-0.15, -0.1) is 0 Å². The molecule has 2 fully saturated rings.